The maximum Gasteiger partial charge on any atom is 0.335 e. The van der Waals surface area contributed by atoms with E-state index in [9.17, 15) is 24.0 Å². The van der Waals surface area contributed by atoms with Gasteiger partial charge in [0.1, 0.15) is 0 Å². The van der Waals surface area contributed by atoms with Crippen molar-refractivity contribution in [1.29, 1.82) is 0 Å². The average molecular weight is 415 g/mol. The van der Waals surface area contributed by atoms with Crippen LogP contribution in [0.25, 0.3) is 0 Å². The molecule has 0 fully saturated rings. The molecule has 152 valence electrons. The van der Waals surface area contributed by atoms with Gasteiger partial charge in [-0.3, -0.25) is 14.4 Å². The van der Waals surface area contributed by atoms with Crippen LogP contribution in [0.3, 0.4) is 0 Å². The van der Waals surface area contributed by atoms with Gasteiger partial charge < -0.3 is 10.2 Å². The molecule has 0 saturated carbocycles. The molecule has 0 radical (unpaired) electrons. The number of anilines is 1. The van der Waals surface area contributed by atoms with E-state index in [1.54, 1.807) is 0 Å². The number of aromatic carboxylic acids is 2. The summed E-state index contributed by atoms with van der Waals surface area (Å²) in [5.41, 5.74) is 0.586. The lowest BCUT2D eigenvalue weighted by molar-refractivity contribution is 0.0686. The molecule has 31 heavy (non-hydrogen) atoms. The lowest BCUT2D eigenvalue weighted by Gasteiger charge is -2.14. The second-order valence-electron chi connectivity index (χ2n) is 6.77. The first kappa shape index (κ1) is 19.7. The van der Waals surface area contributed by atoms with Gasteiger partial charge in [0.05, 0.1) is 27.9 Å². The van der Waals surface area contributed by atoms with Crippen molar-refractivity contribution in [2.45, 2.75) is 0 Å². The summed E-state index contributed by atoms with van der Waals surface area (Å²) in [4.78, 5) is 61.5. The molecule has 0 saturated heterocycles. The second kappa shape index (κ2) is 7.34. The molecule has 0 bridgehead atoms. The topological polar surface area (TPSA) is 129 Å². The number of carboxylic acids is 2. The largest absolute Gasteiger partial charge is 0.478 e. The number of amides is 2. The normalized spacial score (nSPS) is 12.6. The van der Waals surface area contributed by atoms with Crippen LogP contribution in [0.5, 0.6) is 0 Å². The first-order chi connectivity index (χ1) is 14.8. The van der Waals surface area contributed by atoms with Crippen LogP contribution >= 0.6 is 0 Å². The van der Waals surface area contributed by atoms with Crippen molar-refractivity contribution in [3.05, 3.63) is 100 Å². The van der Waals surface area contributed by atoms with Crippen LogP contribution < -0.4 is 4.90 Å². The van der Waals surface area contributed by atoms with Gasteiger partial charge >= 0.3 is 11.9 Å². The molecule has 3 aromatic carbocycles. The van der Waals surface area contributed by atoms with Crippen LogP contribution in [-0.4, -0.2) is 39.7 Å². The zero-order valence-corrected chi connectivity index (χ0v) is 15.7. The van der Waals surface area contributed by atoms with Gasteiger partial charge in [-0.2, -0.15) is 0 Å². The highest BCUT2D eigenvalue weighted by Crippen LogP contribution is 2.30. The summed E-state index contributed by atoms with van der Waals surface area (Å²) in [7, 11) is 0. The molecule has 4 rings (SSSR count). The Morgan fingerprint density at radius 1 is 0.613 bits per heavy atom. The van der Waals surface area contributed by atoms with Crippen LogP contribution in [0.1, 0.15) is 57.4 Å². The smallest absolute Gasteiger partial charge is 0.335 e. The third-order valence-electron chi connectivity index (χ3n) is 4.89. The minimum Gasteiger partial charge on any atom is -0.478 e. The summed E-state index contributed by atoms with van der Waals surface area (Å²) in [5, 5.41) is 18.1. The molecule has 2 N–H and O–H groups in total. The fraction of sp³-hybridized carbons (Fsp3) is 0. The zero-order valence-electron chi connectivity index (χ0n) is 15.7. The van der Waals surface area contributed by atoms with Crippen molar-refractivity contribution in [2.24, 2.45) is 0 Å². The van der Waals surface area contributed by atoms with E-state index in [4.69, 9.17) is 10.2 Å². The van der Waals surface area contributed by atoms with Crippen molar-refractivity contribution in [3.63, 3.8) is 0 Å². The number of fused-ring (bicyclic) bond motifs is 1. The Labute approximate surface area is 175 Å². The van der Waals surface area contributed by atoms with Gasteiger partial charge in [-0.25, -0.2) is 14.5 Å². The molecule has 1 aliphatic rings. The molecule has 0 atom stereocenters. The molecular formula is C23H13NO7. The van der Waals surface area contributed by atoms with Gasteiger partial charge in [-0.1, -0.05) is 24.3 Å². The van der Waals surface area contributed by atoms with Gasteiger partial charge in [0.2, 0.25) is 0 Å². The number of imide groups is 1. The monoisotopic (exact) mass is 415 g/mol. The van der Waals surface area contributed by atoms with Crippen molar-refractivity contribution in [1.82, 2.24) is 0 Å². The van der Waals surface area contributed by atoms with Gasteiger partial charge in [0, 0.05) is 11.1 Å². The van der Waals surface area contributed by atoms with Gasteiger partial charge in [-0.05, 0) is 42.5 Å². The zero-order chi connectivity index (χ0) is 22.3. The van der Waals surface area contributed by atoms with E-state index in [1.807, 2.05) is 0 Å². The first-order valence-corrected chi connectivity index (χ1v) is 9.02. The number of carboxylic acid groups (broad SMARTS) is 2. The number of benzene rings is 3. The molecule has 8 nitrogen and oxygen atoms in total. The molecule has 0 unspecified atom stereocenters. The predicted octanol–water partition coefficient (Wildman–Crippen LogP) is 3.11. The van der Waals surface area contributed by atoms with E-state index in [0.29, 0.717) is 0 Å². The predicted molar refractivity (Wildman–Crippen MR) is 108 cm³/mol. The third-order valence-corrected chi connectivity index (χ3v) is 4.89. The fourth-order valence-corrected chi connectivity index (χ4v) is 3.33. The Kier molecular flexibility index (Phi) is 4.67. The number of carbonyl (C=O) groups is 5. The lowest BCUT2D eigenvalue weighted by atomic mass is 9.98. The average Bonchev–Trinajstić information content (AvgIpc) is 3.03. The van der Waals surface area contributed by atoms with Crippen LogP contribution in [0.2, 0.25) is 0 Å². The molecule has 2 amide bonds. The lowest BCUT2D eigenvalue weighted by Crippen LogP contribution is -2.29. The molecule has 8 heteroatoms. The van der Waals surface area contributed by atoms with Crippen molar-refractivity contribution >= 4 is 35.2 Å². The maximum atomic E-state index is 12.9. The maximum absolute atomic E-state index is 12.9. The Hall–Kier alpha value is -4.59. The summed E-state index contributed by atoms with van der Waals surface area (Å²) in [6.07, 6.45) is 0. The SMILES string of the molecule is O=C(O)c1ccc(C(=O)c2ccc3c(c2)C(=O)N(c2cccc(C(=O)O)c2)C3=O)cc1. The van der Waals surface area contributed by atoms with E-state index in [-0.39, 0.29) is 39.1 Å². The minimum atomic E-state index is -1.19. The van der Waals surface area contributed by atoms with E-state index >= 15 is 0 Å². The fourth-order valence-electron chi connectivity index (χ4n) is 3.33. The van der Waals surface area contributed by atoms with Crippen molar-refractivity contribution in [3.8, 4) is 0 Å². The number of nitrogens with zero attached hydrogens (tertiary/aromatic N) is 1. The Balaban J connectivity index is 1.68. The molecule has 1 heterocycles. The molecule has 0 aromatic heterocycles. The second-order valence-corrected chi connectivity index (χ2v) is 6.77. The van der Waals surface area contributed by atoms with Crippen LogP contribution in [0, 0.1) is 0 Å². The van der Waals surface area contributed by atoms with Crippen molar-refractivity contribution < 1.29 is 34.2 Å². The Morgan fingerprint density at radius 3 is 1.84 bits per heavy atom. The summed E-state index contributed by atoms with van der Waals surface area (Å²) >= 11 is 0. The van der Waals surface area contributed by atoms with Crippen LogP contribution in [-0.2, 0) is 0 Å². The number of rotatable bonds is 5. The van der Waals surface area contributed by atoms with Gasteiger partial charge in [-0.15, -0.1) is 0 Å². The van der Waals surface area contributed by atoms with Crippen molar-refractivity contribution in [2.75, 3.05) is 4.90 Å². The highest BCUT2D eigenvalue weighted by Gasteiger charge is 2.37. The standard InChI is InChI=1S/C23H13NO7/c25-19(12-4-6-13(7-5-12)22(28)29)14-8-9-17-18(11-14)21(27)24(20(17)26)16-3-1-2-15(10-16)23(30)31/h1-11H,(H,28,29)(H,30,31). The summed E-state index contributed by atoms with van der Waals surface area (Å²) in [6, 6.07) is 14.9. The van der Waals surface area contributed by atoms with Crippen LogP contribution in [0.15, 0.2) is 66.7 Å². The number of hydrogen-bond donors (Lipinski definition) is 2. The van der Waals surface area contributed by atoms with E-state index in [1.165, 1.54) is 66.7 Å². The molecule has 1 aliphatic heterocycles. The summed E-state index contributed by atoms with van der Waals surface area (Å²) in [5.74, 6) is -4.04. The first-order valence-electron chi connectivity index (χ1n) is 9.02. The Bertz CT molecular complexity index is 1290. The van der Waals surface area contributed by atoms with E-state index < -0.39 is 29.5 Å². The highest BCUT2D eigenvalue weighted by atomic mass is 16.4. The van der Waals surface area contributed by atoms with Crippen LogP contribution in [0.4, 0.5) is 5.69 Å². The summed E-state index contributed by atoms with van der Waals surface area (Å²) in [6.45, 7) is 0. The molecule has 0 aliphatic carbocycles. The van der Waals surface area contributed by atoms with Gasteiger partial charge in [0.15, 0.2) is 5.78 Å². The number of carbonyl (C=O) groups excluding carboxylic acids is 3. The Morgan fingerprint density at radius 2 is 1.19 bits per heavy atom. The molecular weight excluding hydrogens is 402 g/mol. The number of hydrogen-bond acceptors (Lipinski definition) is 5. The quantitative estimate of drug-likeness (QED) is 0.484. The highest BCUT2D eigenvalue weighted by molar-refractivity contribution is 6.35. The summed E-state index contributed by atoms with van der Waals surface area (Å²) < 4.78 is 0. The van der Waals surface area contributed by atoms with E-state index in [2.05, 4.69) is 0 Å². The minimum absolute atomic E-state index is 0.0266. The van der Waals surface area contributed by atoms with Gasteiger partial charge in [0.25, 0.3) is 11.8 Å². The number of ketones is 1. The molecule has 0 spiro atoms. The third kappa shape index (κ3) is 3.36. The molecule has 3 aromatic rings. The van der Waals surface area contributed by atoms with E-state index in [0.717, 1.165) is 4.90 Å².